The van der Waals surface area contributed by atoms with Crippen molar-refractivity contribution in [3.05, 3.63) is 28.8 Å². The van der Waals surface area contributed by atoms with Gasteiger partial charge in [0.2, 0.25) is 0 Å². The Morgan fingerprint density at radius 1 is 1.25 bits per heavy atom. The normalized spacial score (nSPS) is 11.1. The van der Waals surface area contributed by atoms with Gasteiger partial charge in [0.15, 0.2) is 9.84 Å². The average Bonchev–Trinajstić information content (AvgIpc) is 2.33. The minimum atomic E-state index is -3.52. The Kier molecular flexibility index (Phi) is 5.28. The van der Waals surface area contributed by atoms with Crippen LogP contribution >= 0.6 is 0 Å². The maximum Gasteiger partial charge on any atom is 0.335 e. The van der Waals surface area contributed by atoms with Gasteiger partial charge in [-0.2, -0.15) is 5.26 Å². The lowest BCUT2D eigenvalue weighted by atomic mass is 10.1. The number of aromatic carboxylic acids is 1. The van der Waals surface area contributed by atoms with Crippen molar-refractivity contribution in [3.8, 4) is 6.07 Å². The standard InChI is InChI=1S/C14H17NO4S/c1-10-8-11(2)13(9-12(10)14(16)17)20(18,19)7-5-3-4-6-15/h8-9H,3-5,7H2,1-2H3,(H,16,17). The van der Waals surface area contributed by atoms with Gasteiger partial charge in [0, 0.05) is 6.42 Å². The molecule has 5 nitrogen and oxygen atoms in total. The highest BCUT2D eigenvalue weighted by molar-refractivity contribution is 7.91. The molecule has 0 aromatic heterocycles. The monoisotopic (exact) mass is 295 g/mol. The summed E-state index contributed by atoms with van der Waals surface area (Å²) < 4.78 is 24.5. The van der Waals surface area contributed by atoms with Crippen molar-refractivity contribution < 1.29 is 18.3 Å². The minimum absolute atomic E-state index is 0.00574. The van der Waals surface area contributed by atoms with Gasteiger partial charge in [0.05, 0.1) is 22.3 Å². The third kappa shape index (κ3) is 3.81. The van der Waals surface area contributed by atoms with Crippen LogP contribution < -0.4 is 0 Å². The summed E-state index contributed by atoms with van der Waals surface area (Å²) in [6.45, 7) is 3.29. The van der Waals surface area contributed by atoms with Crippen molar-refractivity contribution in [3.63, 3.8) is 0 Å². The van der Waals surface area contributed by atoms with Crippen LogP contribution in [-0.4, -0.2) is 25.2 Å². The van der Waals surface area contributed by atoms with E-state index >= 15 is 0 Å². The van der Waals surface area contributed by atoms with E-state index in [1.807, 2.05) is 6.07 Å². The predicted molar refractivity (Wildman–Crippen MR) is 74.4 cm³/mol. The lowest BCUT2D eigenvalue weighted by molar-refractivity contribution is 0.0696. The summed E-state index contributed by atoms with van der Waals surface area (Å²) in [6, 6.07) is 4.77. The first-order valence-corrected chi connectivity index (χ1v) is 7.89. The molecule has 1 aromatic carbocycles. The number of hydrogen-bond acceptors (Lipinski definition) is 4. The van der Waals surface area contributed by atoms with E-state index in [0.29, 0.717) is 30.4 Å². The van der Waals surface area contributed by atoms with Crippen LogP contribution in [0, 0.1) is 25.2 Å². The van der Waals surface area contributed by atoms with Gasteiger partial charge in [-0.05, 0) is 43.9 Å². The Bertz CT molecular complexity index is 656. The van der Waals surface area contributed by atoms with E-state index in [1.165, 1.54) is 6.07 Å². The van der Waals surface area contributed by atoms with E-state index in [0.717, 1.165) is 0 Å². The van der Waals surface area contributed by atoms with E-state index in [9.17, 15) is 13.2 Å². The number of benzene rings is 1. The summed E-state index contributed by atoms with van der Waals surface area (Å²) in [4.78, 5) is 11.1. The molecule has 0 aliphatic carbocycles. The minimum Gasteiger partial charge on any atom is -0.478 e. The maximum atomic E-state index is 12.2. The van der Waals surface area contributed by atoms with Crippen molar-refractivity contribution in [2.24, 2.45) is 0 Å². The first kappa shape index (κ1) is 16.2. The number of carboxylic acid groups (broad SMARTS) is 1. The van der Waals surface area contributed by atoms with Gasteiger partial charge < -0.3 is 5.11 Å². The number of nitrogens with zero attached hydrogens (tertiary/aromatic N) is 1. The van der Waals surface area contributed by atoms with Crippen LogP contribution in [0.15, 0.2) is 17.0 Å². The highest BCUT2D eigenvalue weighted by Crippen LogP contribution is 2.22. The van der Waals surface area contributed by atoms with E-state index < -0.39 is 15.8 Å². The maximum absolute atomic E-state index is 12.2. The molecule has 1 N–H and O–H groups in total. The zero-order valence-electron chi connectivity index (χ0n) is 11.5. The Morgan fingerprint density at radius 2 is 1.90 bits per heavy atom. The molecule has 0 saturated carbocycles. The molecule has 0 aliphatic rings. The molecule has 6 heteroatoms. The molecule has 0 fully saturated rings. The largest absolute Gasteiger partial charge is 0.478 e. The SMILES string of the molecule is Cc1cc(C)c(S(=O)(=O)CCCCC#N)cc1C(=O)O. The summed E-state index contributed by atoms with van der Waals surface area (Å²) >= 11 is 0. The van der Waals surface area contributed by atoms with Crippen LogP contribution in [0.2, 0.25) is 0 Å². The van der Waals surface area contributed by atoms with Gasteiger partial charge >= 0.3 is 5.97 Å². The van der Waals surface area contributed by atoms with Crippen LogP contribution in [0.1, 0.15) is 40.7 Å². The fourth-order valence-electron chi connectivity index (χ4n) is 2.00. The molecular formula is C14H17NO4S. The van der Waals surface area contributed by atoms with Crippen molar-refractivity contribution in [1.82, 2.24) is 0 Å². The van der Waals surface area contributed by atoms with Crippen LogP contribution in [0.3, 0.4) is 0 Å². The lowest BCUT2D eigenvalue weighted by Gasteiger charge is -2.10. The molecule has 0 bridgehead atoms. The molecule has 108 valence electrons. The number of carboxylic acids is 1. The highest BCUT2D eigenvalue weighted by Gasteiger charge is 2.20. The highest BCUT2D eigenvalue weighted by atomic mass is 32.2. The van der Waals surface area contributed by atoms with Gasteiger partial charge in [-0.25, -0.2) is 13.2 Å². The van der Waals surface area contributed by atoms with Crippen molar-refractivity contribution in [2.45, 2.75) is 38.0 Å². The Hall–Kier alpha value is -1.87. The molecule has 0 radical (unpaired) electrons. The third-order valence-corrected chi connectivity index (χ3v) is 4.98. The lowest BCUT2D eigenvalue weighted by Crippen LogP contribution is -2.11. The fraction of sp³-hybridized carbons (Fsp3) is 0.429. The smallest absolute Gasteiger partial charge is 0.335 e. The van der Waals surface area contributed by atoms with Crippen molar-refractivity contribution in [1.29, 1.82) is 5.26 Å². The number of aryl methyl sites for hydroxylation is 2. The molecule has 0 unspecified atom stereocenters. The number of unbranched alkanes of at least 4 members (excludes halogenated alkanes) is 2. The molecule has 0 spiro atoms. The predicted octanol–water partition coefficient (Wildman–Crippen LogP) is 2.47. The number of nitriles is 1. The molecule has 0 amide bonds. The van der Waals surface area contributed by atoms with E-state index in [1.54, 1.807) is 19.9 Å². The molecule has 20 heavy (non-hydrogen) atoms. The second-order valence-corrected chi connectivity index (χ2v) is 6.75. The number of rotatable bonds is 6. The van der Waals surface area contributed by atoms with Gasteiger partial charge in [-0.3, -0.25) is 0 Å². The van der Waals surface area contributed by atoms with Crippen molar-refractivity contribution >= 4 is 15.8 Å². The molecule has 1 rings (SSSR count). The average molecular weight is 295 g/mol. The summed E-state index contributed by atoms with van der Waals surface area (Å²) in [5.41, 5.74) is 1.09. The molecule has 1 aromatic rings. The van der Waals surface area contributed by atoms with E-state index in [2.05, 4.69) is 0 Å². The van der Waals surface area contributed by atoms with Gasteiger partial charge in [-0.1, -0.05) is 6.07 Å². The van der Waals surface area contributed by atoms with Crippen LogP contribution in [0.25, 0.3) is 0 Å². The molecular weight excluding hydrogens is 278 g/mol. The molecule has 0 atom stereocenters. The van der Waals surface area contributed by atoms with Crippen molar-refractivity contribution in [2.75, 3.05) is 5.75 Å². The number of sulfone groups is 1. The van der Waals surface area contributed by atoms with E-state index in [4.69, 9.17) is 10.4 Å². The summed E-state index contributed by atoms with van der Waals surface area (Å²) in [5, 5.41) is 17.5. The molecule has 0 saturated heterocycles. The van der Waals surface area contributed by atoms with Crippen LogP contribution in [-0.2, 0) is 9.84 Å². The zero-order chi connectivity index (χ0) is 15.3. The fourth-order valence-corrected chi connectivity index (χ4v) is 3.65. The number of hydrogen-bond donors (Lipinski definition) is 1. The first-order valence-electron chi connectivity index (χ1n) is 6.24. The summed E-state index contributed by atoms with van der Waals surface area (Å²) in [6.07, 6.45) is 1.24. The zero-order valence-corrected chi connectivity index (χ0v) is 12.3. The second-order valence-electron chi connectivity index (χ2n) is 4.67. The quantitative estimate of drug-likeness (QED) is 0.813. The molecule has 0 aliphatic heterocycles. The van der Waals surface area contributed by atoms with Gasteiger partial charge in [0.25, 0.3) is 0 Å². The first-order chi connectivity index (χ1) is 9.29. The van der Waals surface area contributed by atoms with Gasteiger partial charge in [0.1, 0.15) is 0 Å². The molecule has 0 heterocycles. The van der Waals surface area contributed by atoms with Crippen LogP contribution in [0.4, 0.5) is 0 Å². The Balaban J connectivity index is 3.09. The Labute approximate surface area is 118 Å². The van der Waals surface area contributed by atoms with Crippen LogP contribution in [0.5, 0.6) is 0 Å². The number of carbonyl (C=O) groups is 1. The van der Waals surface area contributed by atoms with E-state index in [-0.39, 0.29) is 16.2 Å². The summed E-state index contributed by atoms with van der Waals surface area (Å²) in [7, 11) is -3.52. The summed E-state index contributed by atoms with van der Waals surface area (Å²) in [5.74, 6) is -1.21. The van der Waals surface area contributed by atoms with Gasteiger partial charge in [-0.15, -0.1) is 0 Å². The second kappa shape index (κ2) is 6.53. The topological polar surface area (TPSA) is 95.2 Å². The Morgan fingerprint density at radius 3 is 2.45 bits per heavy atom. The third-order valence-electron chi connectivity index (χ3n) is 3.04.